The van der Waals surface area contributed by atoms with Crippen molar-refractivity contribution in [3.05, 3.63) is 0 Å². The third kappa shape index (κ3) is 6.70. The van der Waals surface area contributed by atoms with Crippen LogP contribution in [0.2, 0.25) is 0 Å². The number of rotatable bonds is 8. The van der Waals surface area contributed by atoms with Gasteiger partial charge < -0.3 is 4.74 Å². The molecule has 0 spiro atoms. The van der Waals surface area contributed by atoms with Crippen molar-refractivity contribution in [1.29, 1.82) is 0 Å². The molecule has 0 fully saturated rings. The van der Waals surface area contributed by atoms with Crippen LogP contribution in [-0.4, -0.2) is 12.1 Å². The summed E-state index contributed by atoms with van der Waals surface area (Å²) in [7, 11) is 0. The number of ether oxygens (including phenoxy) is 1. The van der Waals surface area contributed by atoms with Gasteiger partial charge in [-0.25, -0.2) is 0 Å². The van der Waals surface area contributed by atoms with E-state index in [4.69, 9.17) is 4.74 Å². The predicted octanol–water partition coefficient (Wildman–Crippen LogP) is 4.57. The van der Waals surface area contributed by atoms with Crippen molar-refractivity contribution in [2.24, 2.45) is 11.3 Å². The first kappa shape index (κ1) is 16.5. The Balaban J connectivity index is 4.30. The minimum Gasteiger partial charge on any atom is -0.462 e. The monoisotopic (exact) mass is 242 g/mol. The molecule has 0 rings (SSSR count). The molecule has 0 saturated carbocycles. The lowest BCUT2D eigenvalue weighted by Crippen LogP contribution is -2.27. The average molecular weight is 242 g/mol. The second kappa shape index (κ2) is 7.73. The Morgan fingerprint density at radius 2 is 1.59 bits per heavy atom. The summed E-state index contributed by atoms with van der Waals surface area (Å²) in [5.74, 6) is -0.103. The molecule has 0 amide bonds. The lowest BCUT2D eigenvalue weighted by Gasteiger charge is -2.32. The van der Waals surface area contributed by atoms with E-state index >= 15 is 0 Å². The van der Waals surface area contributed by atoms with Crippen molar-refractivity contribution in [3.63, 3.8) is 0 Å². The van der Waals surface area contributed by atoms with Crippen molar-refractivity contribution in [2.75, 3.05) is 0 Å². The highest BCUT2D eigenvalue weighted by molar-refractivity contribution is 5.71. The quantitative estimate of drug-likeness (QED) is 0.583. The Kier molecular flexibility index (Phi) is 7.49. The molecule has 102 valence electrons. The molecule has 2 nitrogen and oxygen atoms in total. The molecule has 0 aliphatic heterocycles. The van der Waals surface area contributed by atoms with Crippen LogP contribution in [0.3, 0.4) is 0 Å². The zero-order chi connectivity index (χ0) is 13.5. The Hall–Kier alpha value is -0.530. The van der Waals surface area contributed by atoms with E-state index in [-0.39, 0.29) is 18.0 Å². The molecule has 0 aromatic rings. The van der Waals surface area contributed by atoms with E-state index in [0.29, 0.717) is 5.41 Å². The van der Waals surface area contributed by atoms with Gasteiger partial charge in [0, 0.05) is 0 Å². The van der Waals surface area contributed by atoms with E-state index in [0.717, 1.165) is 6.42 Å². The van der Waals surface area contributed by atoms with Gasteiger partial charge in [0.25, 0.3) is 0 Å². The number of esters is 1. The summed E-state index contributed by atoms with van der Waals surface area (Å²) in [6, 6.07) is 0. The molecule has 17 heavy (non-hydrogen) atoms. The van der Waals surface area contributed by atoms with E-state index in [9.17, 15) is 4.79 Å². The molecule has 0 N–H and O–H groups in total. The first-order valence-electron chi connectivity index (χ1n) is 7.05. The fourth-order valence-electron chi connectivity index (χ4n) is 2.61. The van der Waals surface area contributed by atoms with E-state index in [1.807, 2.05) is 20.8 Å². The van der Waals surface area contributed by atoms with Gasteiger partial charge in [-0.15, -0.1) is 0 Å². The molecule has 0 bridgehead atoms. The topological polar surface area (TPSA) is 26.3 Å². The maximum absolute atomic E-state index is 11.5. The zero-order valence-corrected chi connectivity index (χ0v) is 12.5. The van der Waals surface area contributed by atoms with Gasteiger partial charge in [0.05, 0.1) is 12.0 Å². The van der Waals surface area contributed by atoms with Crippen molar-refractivity contribution in [2.45, 2.75) is 79.8 Å². The molecule has 0 saturated heterocycles. The van der Waals surface area contributed by atoms with Crippen molar-refractivity contribution >= 4 is 5.97 Å². The fraction of sp³-hybridized carbons (Fsp3) is 0.933. The molecule has 0 aliphatic rings. The first-order valence-corrected chi connectivity index (χ1v) is 7.05. The zero-order valence-electron chi connectivity index (χ0n) is 12.5. The highest BCUT2D eigenvalue weighted by atomic mass is 16.5. The molecule has 1 atom stereocenters. The summed E-state index contributed by atoms with van der Waals surface area (Å²) in [4.78, 5) is 11.5. The fourth-order valence-corrected chi connectivity index (χ4v) is 2.61. The summed E-state index contributed by atoms with van der Waals surface area (Å²) in [5.41, 5.74) is 0.320. The van der Waals surface area contributed by atoms with Gasteiger partial charge in [0.15, 0.2) is 0 Å². The lowest BCUT2D eigenvalue weighted by molar-refractivity contribution is -0.153. The molecule has 0 aromatic carbocycles. The summed E-state index contributed by atoms with van der Waals surface area (Å²) < 4.78 is 5.46. The SMILES string of the molecule is CCCC(C)(CCC)C[C@@H](C)OC(=O)C(C)C. The minimum absolute atomic E-state index is 0.0268. The molecule has 0 radical (unpaired) electrons. The largest absolute Gasteiger partial charge is 0.462 e. The number of hydrogen-bond donors (Lipinski definition) is 0. The van der Waals surface area contributed by atoms with Gasteiger partial charge in [-0.2, -0.15) is 0 Å². The normalized spacial score (nSPS) is 13.8. The predicted molar refractivity (Wildman–Crippen MR) is 72.9 cm³/mol. The second-order valence-corrected chi connectivity index (χ2v) is 5.92. The molecular formula is C15H30O2. The third-order valence-corrected chi connectivity index (χ3v) is 3.28. The van der Waals surface area contributed by atoms with Crippen LogP contribution in [0, 0.1) is 11.3 Å². The van der Waals surface area contributed by atoms with E-state index < -0.39 is 0 Å². The van der Waals surface area contributed by atoms with Gasteiger partial charge in [-0.1, -0.05) is 47.5 Å². The summed E-state index contributed by atoms with van der Waals surface area (Å²) in [6.07, 6.45) is 5.83. The molecule has 2 heteroatoms. The summed E-state index contributed by atoms with van der Waals surface area (Å²) >= 11 is 0. The number of carbonyl (C=O) groups is 1. The van der Waals surface area contributed by atoms with Crippen molar-refractivity contribution < 1.29 is 9.53 Å². The third-order valence-electron chi connectivity index (χ3n) is 3.28. The van der Waals surface area contributed by atoms with Crippen LogP contribution in [0.15, 0.2) is 0 Å². The smallest absolute Gasteiger partial charge is 0.308 e. The molecule has 0 aliphatic carbocycles. The molecule has 0 aromatic heterocycles. The minimum atomic E-state index is -0.0761. The molecule has 0 heterocycles. The van der Waals surface area contributed by atoms with Gasteiger partial charge in [0.2, 0.25) is 0 Å². The Labute approximate surface area is 107 Å². The van der Waals surface area contributed by atoms with Crippen molar-refractivity contribution in [1.82, 2.24) is 0 Å². The lowest BCUT2D eigenvalue weighted by atomic mass is 9.77. The van der Waals surface area contributed by atoms with E-state index in [1.165, 1.54) is 25.7 Å². The highest BCUT2D eigenvalue weighted by Crippen LogP contribution is 2.35. The molecular weight excluding hydrogens is 212 g/mol. The van der Waals surface area contributed by atoms with Gasteiger partial charge in [-0.05, 0) is 31.6 Å². The van der Waals surface area contributed by atoms with Gasteiger partial charge in [-0.3, -0.25) is 4.79 Å². The van der Waals surface area contributed by atoms with E-state index in [2.05, 4.69) is 20.8 Å². The second-order valence-electron chi connectivity index (χ2n) is 5.92. The van der Waals surface area contributed by atoms with Crippen LogP contribution in [0.1, 0.15) is 73.6 Å². The van der Waals surface area contributed by atoms with Gasteiger partial charge in [0.1, 0.15) is 0 Å². The maximum atomic E-state index is 11.5. The van der Waals surface area contributed by atoms with Crippen molar-refractivity contribution in [3.8, 4) is 0 Å². The van der Waals surface area contributed by atoms with Crippen LogP contribution < -0.4 is 0 Å². The Morgan fingerprint density at radius 3 is 1.94 bits per heavy atom. The average Bonchev–Trinajstić information content (AvgIpc) is 2.16. The number of carbonyl (C=O) groups excluding carboxylic acids is 1. The summed E-state index contributed by atoms with van der Waals surface area (Å²) in [6.45, 7) is 12.5. The Bertz CT molecular complexity index is 215. The first-order chi connectivity index (χ1) is 7.84. The van der Waals surface area contributed by atoms with Crippen LogP contribution in [-0.2, 0) is 9.53 Å². The van der Waals surface area contributed by atoms with Gasteiger partial charge >= 0.3 is 5.97 Å². The highest BCUT2D eigenvalue weighted by Gasteiger charge is 2.26. The number of hydrogen-bond acceptors (Lipinski definition) is 2. The maximum Gasteiger partial charge on any atom is 0.308 e. The van der Waals surface area contributed by atoms with Crippen LogP contribution >= 0.6 is 0 Å². The van der Waals surface area contributed by atoms with Crippen LogP contribution in [0.5, 0.6) is 0 Å². The van der Waals surface area contributed by atoms with E-state index in [1.54, 1.807) is 0 Å². The van der Waals surface area contributed by atoms with Crippen LogP contribution in [0.25, 0.3) is 0 Å². The standard InChI is InChI=1S/C15H30O2/c1-7-9-15(6,10-8-2)11-13(5)17-14(16)12(3)4/h12-13H,7-11H2,1-6H3/t13-/m1/s1. The summed E-state index contributed by atoms with van der Waals surface area (Å²) in [5, 5.41) is 0. The molecule has 0 unspecified atom stereocenters. The van der Waals surface area contributed by atoms with Crippen LogP contribution in [0.4, 0.5) is 0 Å². The Morgan fingerprint density at radius 1 is 1.12 bits per heavy atom.